The van der Waals surface area contributed by atoms with Gasteiger partial charge in [-0.05, 0) is 52.9 Å². The highest BCUT2D eigenvalue weighted by atomic mass is 16.6. The summed E-state index contributed by atoms with van der Waals surface area (Å²) in [5, 5.41) is 9.07. The van der Waals surface area contributed by atoms with Crippen LogP contribution in [0.2, 0.25) is 0 Å². The van der Waals surface area contributed by atoms with Crippen LogP contribution in [0.15, 0.2) is 25.3 Å². The first-order valence-corrected chi connectivity index (χ1v) is 13.0. The molecule has 0 aromatic heterocycles. The van der Waals surface area contributed by atoms with E-state index in [0.29, 0.717) is 45.2 Å². The normalized spacial score (nSPS) is 31.1. The summed E-state index contributed by atoms with van der Waals surface area (Å²) in [6, 6.07) is -0.862. The number of carbonyl (C=O) groups excluding carboxylic acids is 3. The number of aliphatic hydroxyl groups is 1. The van der Waals surface area contributed by atoms with Crippen LogP contribution >= 0.6 is 0 Å². The third-order valence-electron chi connectivity index (χ3n) is 7.87. The van der Waals surface area contributed by atoms with E-state index in [1.165, 1.54) is 0 Å². The molecule has 3 rings (SSSR count). The number of esters is 1. The molecule has 1 N–H and O–H groups in total. The van der Waals surface area contributed by atoms with Gasteiger partial charge in [-0.25, -0.2) is 0 Å². The van der Waals surface area contributed by atoms with Crippen LogP contribution in [0, 0.1) is 11.8 Å². The molecule has 3 aliphatic rings. The maximum atomic E-state index is 14.0. The monoisotopic (exact) mass is 490 g/mol. The molecule has 2 unspecified atom stereocenters. The Morgan fingerprint density at radius 3 is 2.57 bits per heavy atom. The van der Waals surface area contributed by atoms with Crippen molar-refractivity contribution in [2.75, 3.05) is 26.3 Å². The fourth-order valence-corrected chi connectivity index (χ4v) is 6.23. The minimum absolute atomic E-state index is 0.0775. The Labute approximate surface area is 209 Å². The Kier molecular flexibility index (Phi) is 8.81. The first-order valence-electron chi connectivity index (χ1n) is 13.0. The van der Waals surface area contributed by atoms with E-state index in [1.54, 1.807) is 22.0 Å². The number of aliphatic hydroxyl groups excluding tert-OH is 1. The number of fused-ring (bicyclic) bond motifs is 1. The third-order valence-corrected chi connectivity index (χ3v) is 7.87. The number of nitrogens with zero attached hydrogens (tertiary/aromatic N) is 2. The second kappa shape index (κ2) is 11.2. The predicted octanol–water partition coefficient (Wildman–Crippen LogP) is 2.85. The van der Waals surface area contributed by atoms with E-state index >= 15 is 0 Å². The highest BCUT2D eigenvalue weighted by Gasteiger charge is 2.78. The van der Waals surface area contributed by atoms with Gasteiger partial charge in [0.25, 0.3) is 0 Å². The summed E-state index contributed by atoms with van der Waals surface area (Å²) in [5.41, 5.74) is -1.87. The molecular formula is C27H42N2O6. The van der Waals surface area contributed by atoms with Gasteiger partial charge in [0, 0.05) is 25.7 Å². The maximum absolute atomic E-state index is 14.0. The second-order valence-electron chi connectivity index (χ2n) is 10.5. The van der Waals surface area contributed by atoms with E-state index in [9.17, 15) is 14.4 Å². The molecule has 3 heterocycles. The van der Waals surface area contributed by atoms with Crippen molar-refractivity contribution in [1.29, 1.82) is 0 Å². The number of ether oxygens (including phenoxy) is 2. The minimum atomic E-state index is -1.04. The summed E-state index contributed by atoms with van der Waals surface area (Å²) in [7, 11) is 0. The largest absolute Gasteiger partial charge is 0.465 e. The summed E-state index contributed by atoms with van der Waals surface area (Å²) in [6.07, 6.45) is 8.17. The predicted molar refractivity (Wildman–Crippen MR) is 132 cm³/mol. The quantitative estimate of drug-likeness (QED) is 0.229. The first-order chi connectivity index (χ1) is 16.7. The SMILES string of the molecule is C=CCCOC(=O)[C@@H]1[C@H]2C(=O)N(CCCCCCO)C(C(=O)N(CC=C)C(C)C)C23CC[C@@]1(C)O3. The number of likely N-dealkylation sites (tertiary alicyclic amines) is 1. The van der Waals surface area contributed by atoms with Gasteiger partial charge >= 0.3 is 5.97 Å². The highest BCUT2D eigenvalue weighted by molar-refractivity contribution is 5.98. The molecule has 0 aromatic carbocycles. The topological polar surface area (TPSA) is 96.4 Å². The molecule has 0 aromatic rings. The van der Waals surface area contributed by atoms with E-state index in [1.807, 2.05) is 20.8 Å². The Hall–Kier alpha value is -2.19. The van der Waals surface area contributed by atoms with Crippen molar-refractivity contribution in [2.24, 2.45) is 11.8 Å². The molecule has 35 heavy (non-hydrogen) atoms. The zero-order valence-corrected chi connectivity index (χ0v) is 21.5. The van der Waals surface area contributed by atoms with E-state index in [2.05, 4.69) is 13.2 Å². The fraction of sp³-hybridized carbons (Fsp3) is 0.741. The number of carbonyl (C=O) groups is 3. The van der Waals surface area contributed by atoms with E-state index in [4.69, 9.17) is 14.6 Å². The molecule has 3 aliphatic heterocycles. The molecule has 8 nitrogen and oxygen atoms in total. The van der Waals surface area contributed by atoms with E-state index < -0.39 is 35.0 Å². The maximum Gasteiger partial charge on any atom is 0.312 e. The van der Waals surface area contributed by atoms with Gasteiger partial charge in [0.2, 0.25) is 11.8 Å². The number of hydrogen-bond acceptors (Lipinski definition) is 6. The van der Waals surface area contributed by atoms with Crippen molar-refractivity contribution in [3.8, 4) is 0 Å². The average Bonchev–Trinajstić information content (AvgIpc) is 3.37. The molecular weight excluding hydrogens is 448 g/mol. The van der Waals surface area contributed by atoms with Crippen molar-refractivity contribution in [3.63, 3.8) is 0 Å². The smallest absolute Gasteiger partial charge is 0.312 e. The molecule has 196 valence electrons. The van der Waals surface area contributed by atoms with E-state index in [0.717, 1.165) is 12.8 Å². The van der Waals surface area contributed by atoms with Crippen LogP contribution in [-0.4, -0.2) is 82.3 Å². The summed E-state index contributed by atoms with van der Waals surface area (Å²) in [6.45, 7) is 14.4. The van der Waals surface area contributed by atoms with Gasteiger partial charge in [0.1, 0.15) is 17.6 Å². The molecule has 5 atom stereocenters. The Morgan fingerprint density at radius 1 is 1.23 bits per heavy atom. The van der Waals surface area contributed by atoms with Crippen LogP contribution in [0.3, 0.4) is 0 Å². The number of hydrogen-bond donors (Lipinski definition) is 1. The molecule has 3 fully saturated rings. The molecule has 3 saturated heterocycles. The van der Waals surface area contributed by atoms with Gasteiger partial charge < -0.3 is 24.4 Å². The van der Waals surface area contributed by atoms with Crippen LogP contribution in [0.5, 0.6) is 0 Å². The van der Waals surface area contributed by atoms with Crippen LogP contribution in [0.4, 0.5) is 0 Å². The van der Waals surface area contributed by atoms with Crippen molar-refractivity contribution in [2.45, 2.75) is 89.0 Å². The average molecular weight is 491 g/mol. The molecule has 0 aliphatic carbocycles. The molecule has 0 saturated carbocycles. The summed E-state index contributed by atoms with van der Waals surface area (Å²) >= 11 is 0. The Morgan fingerprint density at radius 2 is 1.94 bits per heavy atom. The van der Waals surface area contributed by atoms with Gasteiger partial charge in [0.15, 0.2) is 0 Å². The van der Waals surface area contributed by atoms with Crippen molar-refractivity contribution < 1.29 is 29.0 Å². The second-order valence-corrected chi connectivity index (χ2v) is 10.5. The number of amides is 2. The standard InChI is InChI=1S/C27H42N2O6/c1-6-8-18-34-25(33)21-20-23(31)29(16-11-9-10-12-17-30)22(24(32)28(15-7-2)19(3)4)27(20)14-13-26(21,5)35-27/h6-7,19-22,30H,1-2,8-18H2,3-5H3/t20-,21-,22?,26+,27?/m0/s1. The summed E-state index contributed by atoms with van der Waals surface area (Å²) in [4.78, 5) is 44.6. The van der Waals surface area contributed by atoms with Gasteiger partial charge in [-0.15, -0.1) is 13.2 Å². The van der Waals surface area contributed by atoms with Crippen LogP contribution in [0.25, 0.3) is 0 Å². The molecule has 2 amide bonds. The lowest BCUT2D eigenvalue weighted by molar-refractivity contribution is -0.160. The molecule has 1 spiro atoms. The third kappa shape index (κ3) is 4.92. The lowest BCUT2D eigenvalue weighted by atomic mass is 9.66. The van der Waals surface area contributed by atoms with Crippen molar-refractivity contribution in [1.82, 2.24) is 9.80 Å². The van der Waals surface area contributed by atoms with Crippen LogP contribution in [0.1, 0.15) is 65.7 Å². The van der Waals surface area contributed by atoms with Gasteiger partial charge in [0.05, 0.1) is 18.1 Å². The Bertz CT molecular complexity index is 828. The number of unbranched alkanes of at least 4 members (excludes halogenated alkanes) is 3. The minimum Gasteiger partial charge on any atom is -0.465 e. The number of rotatable bonds is 14. The molecule has 0 radical (unpaired) electrons. The Balaban J connectivity index is 1.95. The molecule has 8 heteroatoms. The fourth-order valence-electron chi connectivity index (χ4n) is 6.23. The van der Waals surface area contributed by atoms with Crippen LogP contribution in [-0.2, 0) is 23.9 Å². The van der Waals surface area contributed by atoms with Gasteiger partial charge in [-0.2, -0.15) is 0 Å². The zero-order valence-electron chi connectivity index (χ0n) is 21.5. The van der Waals surface area contributed by atoms with Crippen LogP contribution < -0.4 is 0 Å². The lowest BCUT2D eigenvalue weighted by Crippen LogP contribution is -2.57. The zero-order chi connectivity index (χ0) is 25.8. The lowest BCUT2D eigenvalue weighted by Gasteiger charge is -2.38. The van der Waals surface area contributed by atoms with Crippen molar-refractivity contribution in [3.05, 3.63) is 25.3 Å². The molecule has 2 bridgehead atoms. The van der Waals surface area contributed by atoms with E-state index in [-0.39, 0.29) is 31.1 Å². The van der Waals surface area contributed by atoms with Gasteiger partial charge in [-0.3, -0.25) is 14.4 Å². The highest BCUT2D eigenvalue weighted by Crippen LogP contribution is 2.63. The van der Waals surface area contributed by atoms with Gasteiger partial charge in [-0.1, -0.05) is 25.0 Å². The summed E-state index contributed by atoms with van der Waals surface area (Å²) < 4.78 is 12.1. The first kappa shape index (κ1) is 27.4. The van der Waals surface area contributed by atoms with Crippen molar-refractivity contribution >= 4 is 17.8 Å². The summed E-state index contributed by atoms with van der Waals surface area (Å²) in [5.74, 6) is -2.26.